The molecule has 0 spiro atoms. The summed E-state index contributed by atoms with van der Waals surface area (Å²) < 4.78 is 31.5. The molecule has 0 unspecified atom stereocenters. The van der Waals surface area contributed by atoms with E-state index < -0.39 is 17.0 Å². The van der Waals surface area contributed by atoms with Gasteiger partial charge in [0.25, 0.3) is 5.69 Å². The van der Waals surface area contributed by atoms with Gasteiger partial charge in [-0.15, -0.1) is 0 Å². The van der Waals surface area contributed by atoms with Gasteiger partial charge in [0.1, 0.15) is 5.82 Å². The number of hydrogen-bond acceptors (Lipinski definition) is 7. The Bertz CT molecular complexity index is 1100. The lowest BCUT2D eigenvalue weighted by Gasteiger charge is -2.23. The van der Waals surface area contributed by atoms with Gasteiger partial charge in [0, 0.05) is 34.1 Å². The fraction of sp³-hybridized carbons (Fsp3) is 0.400. The molecule has 0 amide bonds. The summed E-state index contributed by atoms with van der Waals surface area (Å²) in [5.74, 6) is -0.396. The fourth-order valence-electron chi connectivity index (χ4n) is 4.03. The Kier molecular flexibility index (Phi) is 8.29. The summed E-state index contributed by atoms with van der Waals surface area (Å²) in [5, 5.41) is 21.2. The van der Waals surface area contributed by atoms with Crippen molar-refractivity contribution in [1.29, 1.82) is 5.26 Å². The zero-order valence-electron chi connectivity index (χ0n) is 18.6. The number of nitro groups is 1. The topological polar surface area (TPSA) is 94.6 Å². The molecule has 4 rings (SSSR count). The highest BCUT2D eigenvalue weighted by molar-refractivity contribution is 7.99. The van der Waals surface area contributed by atoms with Crippen LogP contribution in [0, 0.1) is 33.2 Å². The van der Waals surface area contributed by atoms with Crippen molar-refractivity contribution >= 4 is 23.5 Å². The van der Waals surface area contributed by atoms with E-state index in [9.17, 15) is 19.8 Å². The van der Waals surface area contributed by atoms with Crippen LogP contribution >= 0.6 is 11.8 Å². The first-order valence-corrected chi connectivity index (χ1v) is 12.0. The fourth-order valence-corrected chi connectivity index (χ4v) is 4.97. The van der Waals surface area contributed by atoms with Crippen molar-refractivity contribution in [2.75, 3.05) is 26.4 Å². The Labute approximate surface area is 201 Å². The smallest absolute Gasteiger partial charge is 0.279 e. The lowest BCUT2D eigenvalue weighted by atomic mass is 9.92. The highest BCUT2D eigenvalue weighted by atomic mass is 32.2. The van der Waals surface area contributed by atoms with Gasteiger partial charge in [-0.3, -0.25) is 10.1 Å². The van der Waals surface area contributed by atoms with Crippen LogP contribution in [0.15, 0.2) is 51.8 Å². The summed E-state index contributed by atoms with van der Waals surface area (Å²) in [6.45, 7) is 2.53. The Balaban J connectivity index is 1.61. The molecule has 178 valence electrons. The molecule has 0 N–H and O–H groups in total. The van der Waals surface area contributed by atoms with Gasteiger partial charge in [-0.25, -0.2) is 4.39 Å². The molecule has 9 heteroatoms. The van der Waals surface area contributed by atoms with E-state index in [1.54, 1.807) is 0 Å². The second-order valence-corrected chi connectivity index (χ2v) is 9.36. The number of nitriles is 1. The van der Waals surface area contributed by atoms with Crippen molar-refractivity contribution in [1.82, 2.24) is 0 Å². The molecule has 2 aromatic rings. The van der Waals surface area contributed by atoms with Crippen LogP contribution in [0.5, 0.6) is 0 Å². The van der Waals surface area contributed by atoms with Crippen molar-refractivity contribution < 1.29 is 23.5 Å². The van der Waals surface area contributed by atoms with Gasteiger partial charge in [0.2, 0.25) is 0 Å². The summed E-state index contributed by atoms with van der Waals surface area (Å²) in [5.41, 5.74) is 1.12. The van der Waals surface area contributed by atoms with Crippen molar-refractivity contribution in [3.63, 3.8) is 0 Å². The van der Waals surface area contributed by atoms with E-state index in [0.29, 0.717) is 44.3 Å². The van der Waals surface area contributed by atoms with Crippen LogP contribution in [0.3, 0.4) is 0 Å². The summed E-state index contributed by atoms with van der Waals surface area (Å²) >= 11 is 1.16. The van der Waals surface area contributed by atoms with Crippen molar-refractivity contribution in [3.8, 4) is 6.07 Å². The molecular formula is C25H25FN2O5S. The molecule has 7 nitrogen and oxygen atoms in total. The van der Waals surface area contributed by atoms with E-state index in [0.717, 1.165) is 47.5 Å². The molecule has 34 heavy (non-hydrogen) atoms. The van der Waals surface area contributed by atoms with Crippen molar-refractivity contribution in [2.45, 2.75) is 41.8 Å². The Morgan fingerprint density at radius 2 is 1.97 bits per heavy atom. The minimum Gasteiger partial charge on any atom is -0.381 e. The molecule has 2 saturated heterocycles. The molecule has 0 aliphatic carbocycles. The predicted molar refractivity (Wildman–Crippen MR) is 125 cm³/mol. The van der Waals surface area contributed by atoms with Gasteiger partial charge >= 0.3 is 0 Å². The van der Waals surface area contributed by atoms with E-state index in [1.165, 1.54) is 12.1 Å². The van der Waals surface area contributed by atoms with Crippen LogP contribution in [0.2, 0.25) is 0 Å². The second-order valence-electron chi connectivity index (χ2n) is 8.24. The van der Waals surface area contributed by atoms with E-state index >= 15 is 0 Å². The van der Waals surface area contributed by atoms with Gasteiger partial charge in [0.15, 0.2) is 6.29 Å². The third kappa shape index (κ3) is 6.21. The summed E-state index contributed by atoms with van der Waals surface area (Å²) in [6.07, 6.45) is 4.09. The molecular weight excluding hydrogens is 459 g/mol. The Morgan fingerprint density at radius 1 is 1.21 bits per heavy atom. The number of halogens is 1. The molecule has 2 aliphatic rings. The number of benzene rings is 2. The van der Waals surface area contributed by atoms with E-state index in [1.807, 2.05) is 24.3 Å². The maximum atomic E-state index is 14.8. The normalized spacial score (nSPS) is 17.9. The average molecular weight is 485 g/mol. The highest BCUT2D eigenvalue weighted by Crippen LogP contribution is 2.37. The number of nitrogens with zero attached hydrogens (tertiary/aromatic N) is 2. The zero-order chi connectivity index (χ0) is 23.9. The predicted octanol–water partition coefficient (Wildman–Crippen LogP) is 6.04. The maximum absolute atomic E-state index is 14.8. The highest BCUT2D eigenvalue weighted by Gasteiger charge is 2.21. The standard InChI is InChI=1S/C25H25FN2O5S/c26-22-15-23(28(29)30)20(12-18(16-27)11-17-5-9-31-10-6-17)14-24(22)34-21-4-1-3-19(13-21)25-32-7-2-8-33-25/h1,3-4,12-15,17,25H,2,5-11H2. The van der Waals surface area contributed by atoms with Crippen LogP contribution < -0.4 is 0 Å². The Hall–Kier alpha value is -2.77. The van der Waals surface area contributed by atoms with Gasteiger partial charge in [-0.2, -0.15) is 5.26 Å². The first kappa shape index (κ1) is 24.4. The summed E-state index contributed by atoms with van der Waals surface area (Å²) in [6, 6.07) is 11.9. The monoisotopic (exact) mass is 484 g/mol. The van der Waals surface area contributed by atoms with Gasteiger partial charge in [0.05, 0.1) is 35.8 Å². The number of nitro benzene ring substituents is 1. The molecule has 0 bridgehead atoms. The van der Waals surface area contributed by atoms with Crippen LogP contribution in [0.25, 0.3) is 6.08 Å². The molecule has 2 aromatic carbocycles. The molecule has 0 aromatic heterocycles. The largest absolute Gasteiger partial charge is 0.381 e. The summed E-state index contributed by atoms with van der Waals surface area (Å²) in [4.78, 5) is 12.0. The first-order valence-electron chi connectivity index (χ1n) is 11.2. The Morgan fingerprint density at radius 3 is 2.68 bits per heavy atom. The first-order chi connectivity index (χ1) is 16.5. The van der Waals surface area contributed by atoms with E-state index in [-0.39, 0.29) is 16.1 Å². The van der Waals surface area contributed by atoms with Crippen LogP contribution in [0.1, 0.15) is 43.1 Å². The van der Waals surface area contributed by atoms with Gasteiger partial charge in [-0.1, -0.05) is 23.9 Å². The molecule has 0 saturated carbocycles. The molecule has 0 atom stereocenters. The number of ether oxygens (including phenoxy) is 3. The molecule has 2 fully saturated rings. The SMILES string of the molecule is N#CC(=Cc1cc(Sc2cccc(C3OCCCO3)c2)c(F)cc1[N+](=O)[O-])CC1CCOCC1. The van der Waals surface area contributed by atoms with Crippen molar-refractivity contribution in [3.05, 3.63) is 69.0 Å². The third-order valence-corrected chi connectivity index (χ3v) is 6.81. The lowest BCUT2D eigenvalue weighted by Crippen LogP contribution is -2.17. The summed E-state index contributed by atoms with van der Waals surface area (Å²) in [7, 11) is 0. The molecule has 0 radical (unpaired) electrons. The number of allylic oxidation sites excluding steroid dienone is 1. The van der Waals surface area contributed by atoms with Crippen LogP contribution in [0.4, 0.5) is 10.1 Å². The second kappa shape index (κ2) is 11.6. The van der Waals surface area contributed by atoms with E-state index in [4.69, 9.17) is 14.2 Å². The number of hydrogen-bond donors (Lipinski definition) is 0. The molecule has 2 heterocycles. The average Bonchev–Trinajstić information content (AvgIpc) is 2.86. The van der Waals surface area contributed by atoms with Crippen LogP contribution in [-0.2, 0) is 14.2 Å². The van der Waals surface area contributed by atoms with Gasteiger partial charge < -0.3 is 14.2 Å². The molecule has 2 aliphatic heterocycles. The quantitative estimate of drug-likeness (QED) is 0.268. The minimum atomic E-state index is -0.688. The minimum absolute atomic E-state index is 0.215. The van der Waals surface area contributed by atoms with Crippen molar-refractivity contribution in [2.24, 2.45) is 5.92 Å². The lowest BCUT2D eigenvalue weighted by molar-refractivity contribution is -0.385. The van der Waals surface area contributed by atoms with E-state index in [2.05, 4.69) is 6.07 Å². The third-order valence-electron chi connectivity index (χ3n) is 5.79. The number of rotatable bonds is 7. The van der Waals surface area contributed by atoms with Crippen LogP contribution in [-0.4, -0.2) is 31.4 Å². The zero-order valence-corrected chi connectivity index (χ0v) is 19.4. The maximum Gasteiger partial charge on any atom is 0.279 e. The van der Waals surface area contributed by atoms with Gasteiger partial charge in [-0.05, 0) is 55.9 Å².